The van der Waals surface area contributed by atoms with Crippen LogP contribution in [0.5, 0.6) is 0 Å². The van der Waals surface area contributed by atoms with E-state index in [-0.39, 0.29) is 6.10 Å². The molecule has 2 rings (SSSR count). The Kier molecular flexibility index (Phi) is 4.85. The van der Waals surface area contributed by atoms with Gasteiger partial charge in [-0.05, 0) is 61.1 Å². The molecule has 3 unspecified atom stereocenters. The van der Waals surface area contributed by atoms with E-state index in [1.54, 1.807) is 0 Å². The second-order valence-corrected chi connectivity index (χ2v) is 6.89. The van der Waals surface area contributed by atoms with Gasteiger partial charge in [0.05, 0.1) is 6.10 Å². The number of aliphatic hydroxyl groups excluding tert-OH is 1. The van der Waals surface area contributed by atoms with Crippen molar-refractivity contribution in [3.05, 3.63) is 34.3 Å². The molecule has 0 bridgehead atoms. The second-order valence-electron chi connectivity index (χ2n) is 5.98. The average Bonchev–Trinajstić information content (AvgIpc) is 2.34. The quantitative estimate of drug-likeness (QED) is 0.876. The topological polar surface area (TPSA) is 20.2 Å². The zero-order valence-corrected chi connectivity index (χ0v) is 12.9. The normalized spacial score (nSPS) is 28.6. The van der Waals surface area contributed by atoms with E-state index >= 15 is 0 Å². The summed E-state index contributed by atoms with van der Waals surface area (Å²) in [6, 6.07) is 8.50. The summed E-state index contributed by atoms with van der Waals surface area (Å²) in [6.45, 7) is 4.61. The van der Waals surface area contributed by atoms with E-state index in [0.717, 1.165) is 29.2 Å². The lowest BCUT2D eigenvalue weighted by Gasteiger charge is -2.35. The van der Waals surface area contributed by atoms with Crippen molar-refractivity contribution in [3.8, 4) is 0 Å². The van der Waals surface area contributed by atoms with Gasteiger partial charge < -0.3 is 5.11 Å². The zero-order chi connectivity index (χ0) is 13.1. The molecule has 1 aliphatic rings. The summed E-state index contributed by atoms with van der Waals surface area (Å²) in [5.74, 6) is 1.96. The summed E-state index contributed by atoms with van der Waals surface area (Å²) in [6.07, 6.45) is 4.25. The molecule has 3 atom stereocenters. The van der Waals surface area contributed by atoms with E-state index in [9.17, 15) is 5.11 Å². The van der Waals surface area contributed by atoms with Gasteiger partial charge >= 0.3 is 0 Å². The van der Waals surface area contributed by atoms with Crippen molar-refractivity contribution in [2.75, 3.05) is 0 Å². The highest BCUT2D eigenvalue weighted by Gasteiger charge is 2.30. The van der Waals surface area contributed by atoms with Gasteiger partial charge in [-0.2, -0.15) is 0 Å². The Bertz CT molecular complexity index is 371. The Hall–Kier alpha value is -0.340. The van der Waals surface area contributed by atoms with Gasteiger partial charge in [-0.25, -0.2) is 0 Å². The van der Waals surface area contributed by atoms with Crippen LogP contribution in [0.4, 0.5) is 0 Å². The Morgan fingerprint density at radius 3 is 2.50 bits per heavy atom. The standard InChI is InChI=1S/C16H23BrO/c1-11(2)13-5-8-16(18)14(10-13)9-12-3-6-15(17)7-4-12/h3-4,6-7,11,13-14,16,18H,5,8-10H2,1-2H3. The van der Waals surface area contributed by atoms with Gasteiger partial charge in [-0.15, -0.1) is 0 Å². The summed E-state index contributed by atoms with van der Waals surface area (Å²) in [5.41, 5.74) is 1.34. The lowest BCUT2D eigenvalue weighted by Crippen LogP contribution is -2.32. The highest BCUT2D eigenvalue weighted by molar-refractivity contribution is 9.10. The van der Waals surface area contributed by atoms with Gasteiger partial charge in [-0.1, -0.05) is 41.9 Å². The minimum atomic E-state index is -0.108. The third-order valence-corrected chi connectivity index (χ3v) is 4.87. The van der Waals surface area contributed by atoms with Crippen molar-refractivity contribution >= 4 is 15.9 Å². The van der Waals surface area contributed by atoms with Crippen LogP contribution in [0.2, 0.25) is 0 Å². The number of aliphatic hydroxyl groups is 1. The average molecular weight is 311 g/mol. The molecule has 1 aliphatic carbocycles. The summed E-state index contributed by atoms with van der Waals surface area (Å²) in [7, 11) is 0. The molecule has 1 nitrogen and oxygen atoms in total. The van der Waals surface area contributed by atoms with E-state index in [0.29, 0.717) is 5.92 Å². The maximum Gasteiger partial charge on any atom is 0.0571 e. The van der Waals surface area contributed by atoms with Gasteiger partial charge in [0.2, 0.25) is 0 Å². The van der Waals surface area contributed by atoms with Crippen LogP contribution < -0.4 is 0 Å². The predicted molar refractivity (Wildman–Crippen MR) is 79.5 cm³/mol. The van der Waals surface area contributed by atoms with Gasteiger partial charge in [0, 0.05) is 4.47 Å². The molecule has 1 N–H and O–H groups in total. The van der Waals surface area contributed by atoms with Crippen molar-refractivity contribution in [1.29, 1.82) is 0 Å². The van der Waals surface area contributed by atoms with Crippen LogP contribution in [0.15, 0.2) is 28.7 Å². The molecule has 1 aromatic rings. The molecule has 1 saturated carbocycles. The minimum Gasteiger partial charge on any atom is -0.393 e. The van der Waals surface area contributed by atoms with Crippen LogP contribution in [0.1, 0.15) is 38.7 Å². The molecule has 100 valence electrons. The van der Waals surface area contributed by atoms with Crippen molar-refractivity contribution < 1.29 is 5.11 Å². The maximum absolute atomic E-state index is 10.2. The number of hydrogen-bond acceptors (Lipinski definition) is 1. The molecule has 0 saturated heterocycles. The fourth-order valence-electron chi connectivity index (χ4n) is 3.03. The Morgan fingerprint density at radius 1 is 1.22 bits per heavy atom. The third-order valence-electron chi connectivity index (χ3n) is 4.34. The van der Waals surface area contributed by atoms with Crippen LogP contribution in [0.25, 0.3) is 0 Å². The van der Waals surface area contributed by atoms with Crippen LogP contribution >= 0.6 is 15.9 Å². The highest BCUT2D eigenvalue weighted by atomic mass is 79.9. The number of halogens is 1. The molecule has 18 heavy (non-hydrogen) atoms. The van der Waals surface area contributed by atoms with E-state index in [1.165, 1.54) is 18.4 Å². The molecule has 0 aliphatic heterocycles. The first-order chi connectivity index (χ1) is 8.56. The summed E-state index contributed by atoms with van der Waals surface area (Å²) in [5, 5.41) is 10.2. The maximum atomic E-state index is 10.2. The number of benzene rings is 1. The Labute approximate surface area is 119 Å². The first-order valence-electron chi connectivity index (χ1n) is 6.98. The fraction of sp³-hybridized carbons (Fsp3) is 0.625. The van der Waals surface area contributed by atoms with E-state index in [2.05, 4.69) is 54.0 Å². The zero-order valence-electron chi connectivity index (χ0n) is 11.3. The van der Waals surface area contributed by atoms with Gasteiger partial charge in [0.15, 0.2) is 0 Å². The third kappa shape index (κ3) is 3.58. The number of rotatable bonds is 3. The summed E-state index contributed by atoms with van der Waals surface area (Å²) in [4.78, 5) is 0. The lowest BCUT2D eigenvalue weighted by molar-refractivity contribution is 0.0378. The molecule has 1 fully saturated rings. The van der Waals surface area contributed by atoms with Crippen LogP contribution in [0, 0.1) is 17.8 Å². The van der Waals surface area contributed by atoms with E-state index < -0.39 is 0 Å². The first-order valence-corrected chi connectivity index (χ1v) is 7.78. The van der Waals surface area contributed by atoms with E-state index in [4.69, 9.17) is 0 Å². The van der Waals surface area contributed by atoms with Crippen molar-refractivity contribution in [2.45, 2.75) is 45.6 Å². The molecule has 0 amide bonds. The largest absolute Gasteiger partial charge is 0.393 e. The minimum absolute atomic E-state index is 0.108. The molecule has 2 heteroatoms. The van der Waals surface area contributed by atoms with Crippen LogP contribution in [-0.2, 0) is 6.42 Å². The number of hydrogen-bond donors (Lipinski definition) is 1. The molecule has 0 aromatic heterocycles. The molecular formula is C16H23BrO. The molecule has 0 spiro atoms. The van der Waals surface area contributed by atoms with E-state index in [1.807, 2.05) is 0 Å². The highest BCUT2D eigenvalue weighted by Crippen LogP contribution is 2.35. The Morgan fingerprint density at radius 2 is 1.89 bits per heavy atom. The smallest absolute Gasteiger partial charge is 0.0571 e. The van der Waals surface area contributed by atoms with Crippen LogP contribution in [0.3, 0.4) is 0 Å². The summed E-state index contributed by atoms with van der Waals surface area (Å²) < 4.78 is 1.12. The fourth-order valence-corrected chi connectivity index (χ4v) is 3.30. The monoisotopic (exact) mass is 310 g/mol. The molecular weight excluding hydrogens is 288 g/mol. The molecule has 0 heterocycles. The van der Waals surface area contributed by atoms with Gasteiger partial charge in [0.25, 0.3) is 0 Å². The first kappa shape index (κ1) is 14.1. The van der Waals surface area contributed by atoms with Crippen molar-refractivity contribution in [3.63, 3.8) is 0 Å². The SMILES string of the molecule is CC(C)C1CCC(O)C(Cc2ccc(Br)cc2)C1. The molecule has 1 aromatic carbocycles. The van der Waals surface area contributed by atoms with Crippen molar-refractivity contribution in [1.82, 2.24) is 0 Å². The molecule has 0 radical (unpaired) electrons. The Balaban J connectivity index is 2.00. The summed E-state index contributed by atoms with van der Waals surface area (Å²) >= 11 is 3.46. The predicted octanol–water partition coefficient (Wildman–Crippen LogP) is 4.42. The second kappa shape index (κ2) is 6.21. The van der Waals surface area contributed by atoms with Gasteiger partial charge in [0.1, 0.15) is 0 Å². The van der Waals surface area contributed by atoms with Gasteiger partial charge in [-0.3, -0.25) is 0 Å². The van der Waals surface area contributed by atoms with Crippen molar-refractivity contribution in [2.24, 2.45) is 17.8 Å². The lowest BCUT2D eigenvalue weighted by atomic mass is 9.73. The van der Waals surface area contributed by atoms with Crippen LogP contribution in [-0.4, -0.2) is 11.2 Å².